The maximum Gasteiger partial charge on any atom is 0.0951 e. The molecule has 0 radical (unpaired) electrons. The van der Waals surface area contributed by atoms with Gasteiger partial charge in [0.25, 0.3) is 0 Å². The minimum Gasteiger partial charge on any atom is -0.397 e. The number of nitrogen functional groups attached to an aromatic ring is 1. The SMILES string of the molecule is CCCC(C)(C)Nc1ccc(N)c2ncccc12. The van der Waals surface area contributed by atoms with Gasteiger partial charge >= 0.3 is 0 Å². The van der Waals surface area contributed by atoms with Crippen molar-refractivity contribution in [3.8, 4) is 0 Å². The molecule has 0 saturated heterocycles. The van der Waals surface area contributed by atoms with Crippen LogP contribution in [-0.4, -0.2) is 10.5 Å². The predicted octanol–water partition coefficient (Wildman–Crippen LogP) is 3.81. The van der Waals surface area contributed by atoms with Crippen molar-refractivity contribution >= 4 is 22.3 Å². The summed E-state index contributed by atoms with van der Waals surface area (Å²) in [5.74, 6) is 0. The van der Waals surface area contributed by atoms with Crippen LogP contribution in [0, 0.1) is 0 Å². The van der Waals surface area contributed by atoms with Crippen molar-refractivity contribution in [2.45, 2.75) is 39.2 Å². The Morgan fingerprint density at radius 1 is 1.28 bits per heavy atom. The zero-order chi connectivity index (χ0) is 13.2. The molecule has 0 spiro atoms. The van der Waals surface area contributed by atoms with Gasteiger partial charge < -0.3 is 11.1 Å². The molecule has 0 saturated carbocycles. The van der Waals surface area contributed by atoms with Crippen molar-refractivity contribution in [2.24, 2.45) is 0 Å². The average molecular weight is 243 g/mol. The van der Waals surface area contributed by atoms with Crippen molar-refractivity contribution in [3.05, 3.63) is 30.5 Å². The third-order valence-corrected chi connectivity index (χ3v) is 3.15. The molecule has 96 valence electrons. The number of nitrogens with two attached hydrogens (primary N) is 1. The van der Waals surface area contributed by atoms with Gasteiger partial charge in [-0.15, -0.1) is 0 Å². The molecule has 0 aliphatic rings. The number of hydrogen-bond acceptors (Lipinski definition) is 3. The highest BCUT2D eigenvalue weighted by Gasteiger charge is 2.17. The second-order valence-corrected chi connectivity index (χ2v) is 5.36. The normalized spacial score (nSPS) is 11.7. The summed E-state index contributed by atoms with van der Waals surface area (Å²) in [6.07, 6.45) is 4.06. The molecule has 1 heterocycles. The van der Waals surface area contributed by atoms with Crippen LogP contribution in [0.1, 0.15) is 33.6 Å². The lowest BCUT2D eigenvalue weighted by molar-refractivity contribution is 0.511. The average Bonchev–Trinajstić information content (AvgIpc) is 2.33. The molecule has 3 nitrogen and oxygen atoms in total. The van der Waals surface area contributed by atoms with Gasteiger partial charge in [0.15, 0.2) is 0 Å². The highest BCUT2D eigenvalue weighted by atomic mass is 15.0. The van der Waals surface area contributed by atoms with Crippen LogP contribution in [-0.2, 0) is 0 Å². The Kier molecular flexibility index (Phi) is 3.41. The van der Waals surface area contributed by atoms with E-state index in [1.54, 1.807) is 6.20 Å². The minimum absolute atomic E-state index is 0.0770. The molecule has 0 bridgehead atoms. The van der Waals surface area contributed by atoms with Gasteiger partial charge in [-0.2, -0.15) is 0 Å². The van der Waals surface area contributed by atoms with Gasteiger partial charge in [0.05, 0.1) is 11.2 Å². The summed E-state index contributed by atoms with van der Waals surface area (Å²) in [6, 6.07) is 7.96. The highest BCUT2D eigenvalue weighted by molar-refractivity contribution is 5.98. The topological polar surface area (TPSA) is 50.9 Å². The summed E-state index contributed by atoms with van der Waals surface area (Å²) < 4.78 is 0. The minimum atomic E-state index is 0.0770. The molecule has 0 unspecified atom stereocenters. The molecule has 0 fully saturated rings. The predicted molar refractivity (Wildman–Crippen MR) is 78.8 cm³/mol. The monoisotopic (exact) mass is 243 g/mol. The summed E-state index contributed by atoms with van der Waals surface area (Å²) in [5.41, 5.74) is 8.73. The zero-order valence-electron chi connectivity index (χ0n) is 11.3. The van der Waals surface area contributed by atoms with E-state index in [0.717, 1.165) is 35.1 Å². The molecular formula is C15H21N3. The fourth-order valence-corrected chi connectivity index (χ4v) is 2.36. The van der Waals surface area contributed by atoms with Crippen molar-refractivity contribution < 1.29 is 0 Å². The molecule has 0 aliphatic carbocycles. The van der Waals surface area contributed by atoms with E-state index in [-0.39, 0.29) is 5.54 Å². The van der Waals surface area contributed by atoms with Crippen molar-refractivity contribution in [3.63, 3.8) is 0 Å². The van der Waals surface area contributed by atoms with E-state index in [0.29, 0.717) is 0 Å². The van der Waals surface area contributed by atoms with Gasteiger partial charge in [0.1, 0.15) is 0 Å². The number of rotatable bonds is 4. The van der Waals surface area contributed by atoms with Crippen LogP contribution < -0.4 is 11.1 Å². The van der Waals surface area contributed by atoms with E-state index in [9.17, 15) is 0 Å². The standard InChI is InChI=1S/C15H21N3/c1-4-9-15(2,3)18-13-8-7-12(16)14-11(13)6-5-10-17-14/h5-8,10,18H,4,9,16H2,1-3H3. The molecule has 3 N–H and O–H groups in total. The second kappa shape index (κ2) is 4.84. The van der Waals surface area contributed by atoms with E-state index in [2.05, 4.69) is 37.1 Å². The molecule has 0 amide bonds. The van der Waals surface area contributed by atoms with E-state index in [1.807, 2.05) is 18.2 Å². The summed E-state index contributed by atoms with van der Waals surface area (Å²) in [5, 5.41) is 4.68. The molecular weight excluding hydrogens is 222 g/mol. The van der Waals surface area contributed by atoms with Crippen LogP contribution in [0.3, 0.4) is 0 Å². The first-order chi connectivity index (χ1) is 8.53. The Balaban J connectivity index is 2.43. The van der Waals surface area contributed by atoms with Crippen LogP contribution in [0.15, 0.2) is 30.5 Å². The Bertz CT molecular complexity index is 546. The van der Waals surface area contributed by atoms with Gasteiger partial charge in [0.2, 0.25) is 0 Å². The van der Waals surface area contributed by atoms with Gasteiger partial charge in [0, 0.05) is 22.8 Å². The second-order valence-electron chi connectivity index (χ2n) is 5.36. The zero-order valence-corrected chi connectivity index (χ0v) is 11.3. The number of pyridine rings is 1. The number of nitrogens with one attached hydrogen (secondary N) is 1. The highest BCUT2D eigenvalue weighted by Crippen LogP contribution is 2.29. The number of fused-ring (bicyclic) bond motifs is 1. The fourth-order valence-electron chi connectivity index (χ4n) is 2.36. The van der Waals surface area contributed by atoms with Gasteiger partial charge in [-0.25, -0.2) is 0 Å². The molecule has 0 aliphatic heterocycles. The van der Waals surface area contributed by atoms with E-state index in [4.69, 9.17) is 5.73 Å². The lowest BCUT2D eigenvalue weighted by atomic mass is 9.98. The first kappa shape index (κ1) is 12.7. The number of aromatic nitrogens is 1. The van der Waals surface area contributed by atoms with E-state index >= 15 is 0 Å². The van der Waals surface area contributed by atoms with Crippen LogP contribution in [0.2, 0.25) is 0 Å². The van der Waals surface area contributed by atoms with Crippen molar-refractivity contribution in [1.29, 1.82) is 0 Å². The Labute approximate surface area is 108 Å². The van der Waals surface area contributed by atoms with Crippen molar-refractivity contribution in [1.82, 2.24) is 4.98 Å². The van der Waals surface area contributed by atoms with Crippen LogP contribution in [0.5, 0.6) is 0 Å². The molecule has 0 atom stereocenters. The van der Waals surface area contributed by atoms with Crippen LogP contribution in [0.4, 0.5) is 11.4 Å². The molecule has 2 aromatic rings. The number of nitrogens with zero attached hydrogens (tertiary/aromatic N) is 1. The smallest absolute Gasteiger partial charge is 0.0951 e. The Morgan fingerprint density at radius 3 is 2.78 bits per heavy atom. The Morgan fingerprint density at radius 2 is 2.06 bits per heavy atom. The van der Waals surface area contributed by atoms with E-state index < -0.39 is 0 Å². The summed E-state index contributed by atoms with van der Waals surface area (Å²) in [4.78, 5) is 4.35. The van der Waals surface area contributed by atoms with Crippen molar-refractivity contribution in [2.75, 3.05) is 11.1 Å². The van der Waals surface area contributed by atoms with Gasteiger partial charge in [-0.05, 0) is 44.5 Å². The first-order valence-corrected chi connectivity index (χ1v) is 6.45. The lowest BCUT2D eigenvalue weighted by Gasteiger charge is -2.28. The maximum atomic E-state index is 5.96. The van der Waals surface area contributed by atoms with Crippen LogP contribution in [0.25, 0.3) is 10.9 Å². The lowest BCUT2D eigenvalue weighted by Crippen LogP contribution is -2.30. The van der Waals surface area contributed by atoms with Crippen LogP contribution >= 0.6 is 0 Å². The third-order valence-electron chi connectivity index (χ3n) is 3.15. The van der Waals surface area contributed by atoms with E-state index in [1.165, 1.54) is 0 Å². The van der Waals surface area contributed by atoms with Gasteiger partial charge in [-0.3, -0.25) is 4.98 Å². The number of benzene rings is 1. The largest absolute Gasteiger partial charge is 0.397 e. The number of anilines is 2. The molecule has 2 rings (SSSR count). The van der Waals surface area contributed by atoms with Gasteiger partial charge in [-0.1, -0.05) is 13.3 Å². The number of hydrogen-bond donors (Lipinski definition) is 2. The summed E-state index contributed by atoms with van der Waals surface area (Å²) in [6.45, 7) is 6.64. The maximum absolute atomic E-state index is 5.96. The molecule has 3 heteroatoms. The summed E-state index contributed by atoms with van der Waals surface area (Å²) in [7, 11) is 0. The fraction of sp³-hybridized carbons (Fsp3) is 0.400. The summed E-state index contributed by atoms with van der Waals surface area (Å²) >= 11 is 0. The quantitative estimate of drug-likeness (QED) is 0.803. The Hall–Kier alpha value is -1.77. The molecule has 1 aromatic carbocycles. The first-order valence-electron chi connectivity index (χ1n) is 6.45. The molecule has 18 heavy (non-hydrogen) atoms. The third kappa shape index (κ3) is 2.55. The molecule has 1 aromatic heterocycles.